The first-order valence-electron chi connectivity index (χ1n) is 19.8. The van der Waals surface area contributed by atoms with Gasteiger partial charge in [0.05, 0.1) is 11.1 Å². The Balaban J connectivity index is 1.09. The number of rotatable bonds is 6. The Hall–Kier alpha value is -7.16. The van der Waals surface area contributed by atoms with Gasteiger partial charge in [-0.2, -0.15) is 0 Å². The summed E-state index contributed by atoms with van der Waals surface area (Å²) < 4.78 is 6.87. The van der Waals surface area contributed by atoms with Gasteiger partial charge >= 0.3 is 0 Å². The molecule has 1 aromatic heterocycles. The summed E-state index contributed by atoms with van der Waals surface area (Å²) in [6, 6.07) is 72.4. The van der Waals surface area contributed by atoms with Crippen LogP contribution in [0.5, 0.6) is 0 Å². The molecule has 9 aromatic carbocycles. The van der Waals surface area contributed by atoms with Gasteiger partial charge in [-0.05, 0) is 116 Å². The van der Waals surface area contributed by atoms with E-state index < -0.39 is 0 Å². The normalized spacial score (nSPS) is 12.9. The lowest BCUT2D eigenvalue weighted by Crippen LogP contribution is -2.15. The summed E-state index contributed by atoms with van der Waals surface area (Å²) in [5.41, 5.74) is 17.5. The number of hydrogen-bond acceptors (Lipinski definition) is 2. The molecule has 0 atom stereocenters. The topological polar surface area (TPSA) is 16.4 Å². The molecule has 0 fully saturated rings. The minimum Gasteiger partial charge on any atom is -0.455 e. The quantitative estimate of drug-likeness (QED) is 0.169. The molecule has 57 heavy (non-hydrogen) atoms. The molecule has 270 valence electrons. The fraction of sp³-hybridized carbons (Fsp3) is 0.0545. The summed E-state index contributed by atoms with van der Waals surface area (Å²) in [6.07, 6.45) is 0. The van der Waals surface area contributed by atoms with Crippen LogP contribution in [-0.4, -0.2) is 0 Å². The van der Waals surface area contributed by atoms with E-state index in [-0.39, 0.29) is 5.41 Å². The highest BCUT2D eigenvalue weighted by Gasteiger charge is 2.36. The van der Waals surface area contributed by atoms with Crippen molar-refractivity contribution in [2.24, 2.45) is 0 Å². The molecule has 1 aliphatic carbocycles. The fourth-order valence-corrected chi connectivity index (χ4v) is 9.21. The summed E-state index contributed by atoms with van der Waals surface area (Å²) in [5, 5.41) is 4.49. The van der Waals surface area contributed by atoms with Crippen LogP contribution in [0.15, 0.2) is 205 Å². The van der Waals surface area contributed by atoms with Crippen molar-refractivity contribution in [3.63, 3.8) is 0 Å². The number of benzene rings is 9. The van der Waals surface area contributed by atoms with E-state index in [0.29, 0.717) is 0 Å². The molecular weight excluding hydrogens is 691 g/mol. The second-order valence-electron chi connectivity index (χ2n) is 15.7. The molecule has 0 amide bonds. The molecule has 0 bridgehead atoms. The molecule has 0 unspecified atom stereocenters. The second kappa shape index (κ2) is 13.0. The lowest BCUT2D eigenvalue weighted by atomic mass is 9.80. The number of anilines is 3. The fourth-order valence-electron chi connectivity index (χ4n) is 9.21. The van der Waals surface area contributed by atoms with E-state index in [1.54, 1.807) is 0 Å². The summed E-state index contributed by atoms with van der Waals surface area (Å²) in [7, 11) is 0. The zero-order valence-corrected chi connectivity index (χ0v) is 31.9. The highest BCUT2D eigenvalue weighted by molar-refractivity contribution is 6.22. The van der Waals surface area contributed by atoms with Gasteiger partial charge in [0.2, 0.25) is 0 Å². The first-order chi connectivity index (χ1) is 28.0. The molecule has 2 nitrogen and oxygen atoms in total. The maximum absolute atomic E-state index is 6.87. The van der Waals surface area contributed by atoms with E-state index >= 15 is 0 Å². The van der Waals surface area contributed by atoms with Crippen molar-refractivity contribution in [1.82, 2.24) is 0 Å². The first kappa shape index (κ1) is 33.2. The van der Waals surface area contributed by atoms with Gasteiger partial charge in [-0.3, -0.25) is 0 Å². The van der Waals surface area contributed by atoms with Crippen LogP contribution >= 0.6 is 0 Å². The molecule has 1 heterocycles. The third kappa shape index (κ3) is 5.33. The Labute approximate surface area is 332 Å². The molecule has 0 spiro atoms. The average Bonchev–Trinajstić information content (AvgIpc) is 3.76. The Morgan fingerprint density at radius 1 is 0.386 bits per heavy atom. The van der Waals surface area contributed by atoms with Crippen molar-refractivity contribution < 1.29 is 4.42 Å². The molecule has 10 aromatic rings. The monoisotopic (exact) mass is 729 g/mol. The van der Waals surface area contributed by atoms with Gasteiger partial charge in [0.25, 0.3) is 0 Å². The maximum atomic E-state index is 6.87. The minimum absolute atomic E-state index is 0.160. The SMILES string of the molecule is CC1(C)c2cc(-c3ccccc3)ccc2-c2ccc(-c3cc4c(oc5cccc(N(c6ccccc6)c6ccc(-c7ccccc7)cc6)c54)c4ccccc34)cc21. The number of para-hydroxylation sites is 1. The Morgan fingerprint density at radius 3 is 1.60 bits per heavy atom. The van der Waals surface area contributed by atoms with E-state index in [4.69, 9.17) is 4.42 Å². The van der Waals surface area contributed by atoms with Gasteiger partial charge in [0.15, 0.2) is 0 Å². The third-order valence-electron chi connectivity index (χ3n) is 12.1. The van der Waals surface area contributed by atoms with Crippen LogP contribution < -0.4 is 4.90 Å². The lowest BCUT2D eigenvalue weighted by Gasteiger charge is -2.26. The predicted molar refractivity (Wildman–Crippen MR) is 240 cm³/mol. The van der Waals surface area contributed by atoms with Crippen LogP contribution in [0.2, 0.25) is 0 Å². The van der Waals surface area contributed by atoms with Crippen LogP contribution in [-0.2, 0) is 5.41 Å². The Morgan fingerprint density at radius 2 is 0.912 bits per heavy atom. The first-order valence-corrected chi connectivity index (χ1v) is 19.8. The van der Waals surface area contributed by atoms with Crippen LogP contribution in [0.4, 0.5) is 17.1 Å². The second-order valence-corrected chi connectivity index (χ2v) is 15.7. The van der Waals surface area contributed by atoms with Crippen molar-refractivity contribution >= 4 is 49.8 Å². The molecule has 11 rings (SSSR count). The molecule has 0 saturated carbocycles. The molecule has 0 radical (unpaired) electrons. The number of nitrogens with zero attached hydrogens (tertiary/aromatic N) is 1. The highest BCUT2D eigenvalue weighted by atomic mass is 16.3. The van der Waals surface area contributed by atoms with Gasteiger partial charge in [-0.25, -0.2) is 0 Å². The van der Waals surface area contributed by atoms with Gasteiger partial charge in [-0.15, -0.1) is 0 Å². The van der Waals surface area contributed by atoms with Crippen molar-refractivity contribution in [1.29, 1.82) is 0 Å². The summed E-state index contributed by atoms with van der Waals surface area (Å²) in [5.74, 6) is 0. The van der Waals surface area contributed by atoms with E-state index in [0.717, 1.165) is 44.4 Å². The van der Waals surface area contributed by atoms with E-state index in [9.17, 15) is 0 Å². The molecule has 0 N–H and O–H groups in total. The largest absolute Gasteiger partial charge is 0.455 e. The molecule has 1 aliphatic rings. The molecule has 2 heteroatoms. The Kier molecular flexibility index (Phi) is 7.55. The molecule has 0 aliphatic heterocycles. The van der Waals surface area contributed by atoms with E-state index in [1.165, 1.54) is 61.0 Å². The summed E-state index contributed by atoms with van der Waals surface area (Å²) >= 11 is 0. The van der Waals surface area contributed by atoms with Crippen molar-refractivity contribution in [2.75, 3.05) is 4.90 Å². The van der Waals surface area contributed by atoms with Gasteiger partial charge in [-0.1, -0.05) is 159 Å². The lowest BCUT2D eigenvalue weighted by molar-refractivity contribution is 0.661. The van der Waals surface area contributed by atoms with E-state index in [2.05, 4.69) is 219 Å². The van der Waals surface area contributed by atoms with Crippen LogP contribution in [0.25, 0.3) is 77.2 Å². The van der Waals surface area contributed by atoms with Gasteiger partial charge < -0.3 is 9.32 Å². The highest BCUT2D eigenvalue weighted by Crippen LogP contribution is 2.52. The zero-order valence-electron chi connectivity index (χ0n) is 31.9. The molecular formula is C55H39NO. The van der Waals surface area contributed by atoms with Crippen molar-refractivity contribution in [3.05, 3.63) is 211 Å². The smallest absolute Gasteiger partial charge is 0.143 e. The molecule has 0 saturated heterocycles. The van der Waals surface area contributed by atoms with Gasteiger partial charge in [0.1, 0.15) is 11.2 Å². The summed E-state index contributed by atoms with van der Waals surface area (Å²) in [4.78, 5) is 2.36. The standard InChI is InChI=1S/C55H39NO/c1-55(2)49-33-39(37-17-8-4-9-18-37)27-31-44(49)45-32-28-40(34-50(45)55)47-35-48-53-51(23-14-24-52(53)57-54(48)46-22-13-12-21-43(46)47)56(41-19-10-5-11-20-41)42-29-25-38(26-30-42)36-15-6-3-7-16-36/h3-35H,1-2H3. The van der Waals surface area contributed by atoms with Crippen LogP contribution in [0.1, 0.15) is 25.0 Å². The third-order valence-corrected chi connectivity index (χ3v) is 12.1. The number of hydrogen-bond donors (Lipinski definition) is 0. The van der Waals surface area contributed by atoms with Crippen LogP contribution in [0, 0.1) is 0 Å². The van der Waals surface area contributed by atoms with Gasteiger partial charge in [0, 0.05) is 27.6 Å². The van der Waals surface area contributed by atoms with Crippen molar-refractivity contribution in [3.8, 4) is 44.5 Å². The van der Waals surface area contributed by atoms with Crippen LogP contribution in [0.3, 0.4) is 0 Å². The maximum Gasteiger partial charge on any atom is 0.143 e. The van der Waals surface area contributed by atoms with E-state index in [1.807, 2.05) is 0 Å². The minimum atomic E-state index is -0.160. The predicted octanol–water partition coefficient (Wildman–Crippen LogP) is 15.5. The zero-order chi connectivity index (χ0) is 38.1. The van der Waals surface area contributed by atoms with Crippen molar-refractivity contribution in [2.45, 2.75) is 19.3 Å². The number of furan rings is 1. The number of fused-ring (bicyclic) bond motifs is 8. The summed E-state index contributed by atoms with van der Waals surface area (Å²) in [6.45, 7) is 4.75. The Bertz CT molecular complexity index is 3120. The average molecular weight is 730 g/mol.